The van der Waals surface area contributed by atoms with Crippen LogP contribution >= 0.6 is 0 Å². The molecule has 0 aliphatic carbocycles. The molecule has 2 aromatic heterocycles. The third kappa shape index (κ3) is 6.14. The Morgan fingerprint density at radius 1 is 1.16 bits per heavy atom. The van der Waals surface area contributed by atoms with E-state index < -0.39 is 52.2 Å². The molecule has 1 atom stereocenters. The number of imidazole rings is 1. The third-order valence-electron chi connectivity index (χ3n) is 5.95. The van der Waals surface area contributed by atoms with Crippen LogP contribution in [0.1, 0.15) is 12.0 Å². The number of carbonyl (C=O) groups excluding carboxylic acids is 2. The van der Waals surface area contributed by atoms with Gasteiger partial charge in [-0.2, -0.15) is 0 Å². The van der Waals surface area contributed by atoms with Crippen molar-refractivity contribution in [2.24, 2.45) is 0 Å². The molecular weight excluding hydrogens is 506 g/mol. The minimum Gasteiger partial charge on any atom is -0.454 e. The number of nitrogens with one attached hydrogen (secondary N) is 1. The zero-order valence-electron chi connectivity index (χ0n) is 20.2. The molecule has 3 aromatic rings. The lowest BCUT2D eigenvalue weighted by molar-refractivity contribution is -0.149. The van der Waals surface area contributed by atoms with Crippen LogP contribution in [0.2, 0.25) is 0 Å². The standard InChI is InChI=1S/C23H27N5O8S/c1-35-9-8-26-15-24-21-20(26)22(31)28(23(32)27(21)11-16-5-3-2-4-6-16)12-19(30)36-13-18(29)25-17-7-10-37(33,34)14-17/h2-6,15,17H,7-14H2,1H3,(H,25,29). The summed E-state index contributed by atoms with van der Waals surface area (Å²) in [6, 6.07) is 8.55. The average Bonchev–Trinajstić information content (AvgIpc) is 3.44. The number of benzene rings is 1. The van der Waals surface area contributed by atoms with Crippen LogP contribution in [-0.4, -0.2) is 76.9 Å². The molecule has 198 valence electrons. The van der Waals surface area contributed by atoms with Crippen molar-refractivity contribution in [1.82, 2.24) is 24.0 Å². The molecule has 0 radical (unpaired) electrons. The van der Waals surface area contributed by atoms with Crippen molar-refractivity contribution < 1.29 is 27.5 Å². The van der Waals surface area contributed by atoms with Crippen LogP contribution in [0, 0.1) is 0 Å². The van der Waals surface area contributed by atoms with E-state index in [9.17, 15) is 27.6 Å². The van der Waals surface area contributed by atoms with E-state index in [4.69, 9.17) is 9.47 Å². The van der Waals surface area contributed by atoms with Gasteiger partial charge >= 0.3 is 11.7 Å². The van der Waals surface area contributed by atoms with Crippen LogP contribution in [0.5, 0.6) is 0 Å². The molecule has 14 heteroatoms. The minimum absolute atomic E-state index is 0.0145. The molecule has 1 aliphatic rings. The van der Waals surface area contributed by atoms with E-state index in [1.54, 1.807) is 4.57 Å². The predicted molar refractivity (Wildman–Crippen MR) is 132 cm³/mol. The molecule has 13 nitrogen and oxygen atoms in total. The number of rotatable bonds is 10. The van der Waals surface area contributed by atoms with Gasteiger partial charge in [0.15, 0.2) is 27.6 Å². The van der Waals surface area contributed by atoms with Gasteiger partial charge in [-0.15, -0.1) is 0 Å². The van der Waals surface area contributed by atoms with E-state index in [1.165, 1.54) is 18.0 Å². The van der Waals surface area contributed by atoms with Gasteiger partial charge in [-0.3, -0.25) is 19.0 Å². The molecule has 1 aromatic carbocycles. The predicted octanol–water partition coefficient (Wildman–Crippen LogP) is -1.10. The highest BCUT2D eigenvalue weighted by molar-refractivity contribution is 7.91. The summed E-state index contributed by atoms with van der Waals surface area (Å²) in [5.41, 5.74) is -0.395. The number of aromatic nitrogens is 4. The number of nitrogens with zero attached hydrogens (tertiary/aromatic N) is 4. The smallest absolute Gasteiger partial charge is 0.333 e. The number of amides is 1. The number of ether oxygens (including phenoxy) is 2. The van der Waals surface area contributed by atoms with E-state index in [0.29, 0.717) is 13.2 Å². The number of hydrogen-bond donors (Lipinski definition) is 1. The van der Waals surface area contributed by atoms with Crippen LogP contribution in [0.25, 0.3) is 11.2 Å². The summed E-state index contributed by atoms with van der Waals surface area (Å²) in [6.45, 7) is -0.686. The Labute approximate surface area is 211 Å². The molecule has 4 rings (SSSR count). The van der Waals surface area contributed by atoms with Gasteiger partial charge in [-0.25, -0.2) is 22.8 Å². The summed E-state index contributed by atoms with van der Waals surface area (Å²) < 4.78 is 36.7. The first-order valence-corrected chi connectivity index (χ1v) is 13.4. The summed E-state index contributed by atoms with van der Waals surface area (Å²) in [6.07, 6.45) is 1.72. The van der Waals surface area contributed by atoms with E-state index in [1.807, 2.05) is 30.3 Å². The zero-order chi connectivity index (χ0) is 26.6. The van der Waals surface area contributed by atoms with Gasteiger partial charge in [-0.05, 0) is 12.0 Å². The van der Waals surface area contributed by atoms with Gasteiger partial charge in [0, 0.05) is 19.7 Å². The van der Waals surface area contributed by atoms with Gasteiger partial charge in [0.2, 0.25) is 0 Å². The van der Waals surface area contributed by atoms with Crippen molar-refractivity contribution in [2.45, 2.75) is 32.1 Å². The lowest BCUT2D eigenvalue weighted by Gasteiger charge is -2.13. The Morgan fingerprint density at radius 3 is 2.59 bits per heavy atom. The maximum absolute atomic E-state index is 13.3. The van der Waals surface area contributed by atoms with Crippen molar-refractivity contribution in [3.63, 3.8) is 0 Å². The summed E-state index contributed by atoms with van der Waals surface area (Å²) >= 11 is 0. The number of hydrogen-bond acceptors (Lipinski definition) is 9. The SMILES string of the molecule is COCCn1cnc2c1c(=O)n(CC(=O)OCC(=O)NC1CCS(=O)(=O)C1)c(=O)n2Cc1ccccc1. The molecule has 0 bridgehead atoms. The number of sulfone groups is 1. The second-order valence-corrected chi connectivity index (χ2v) is 10.9. The van der Waals surface area contributed by atoms with Crippen molar-refractivity contribution in [3.05, 3.63) is 63.1 Å². The molecule has 37 heavy (non-hydrogen) atoms. The fourth-order valence-electron chi connectivity index (χ4n) is 4.14. The Balaban J connectivity index is 1.56. The van der Waals surface area contributed by atoms with Crippen molar-refractivity contribution in [3.8, 4) is 0 Å². The highest BCUT2D eigenvalue weighted by Gasteiger charge is 2.29. The fraction of sp³-hybridized carbons (Fsp3) is 0.435. The van der Waals surface area contributed by atoms with Crippen LogP contribution in [-0.2, 0) is 48.5 Å². The summed E-state index contributed by atoms with van der Waals surface area (Å²) in [5, 5.41) is 2.51. The van der Waals surface area contributed by atoms with Gasteiger partial charge in [0.05, 0.1) is 31.0 Å². The molecule has 0 saturated carbocycles. The largest absolute Gasteiger partial charge is 0.454 e. The highest BCUT2D eigenvalue weighted by Crippen LogP contribution is 2.11. The van der Waals surface area contributed by atoms with Crippen LogP contribution in [0.4, 0.5) is 0 Å². The molecule has 0 spiro atoms. The molecule has 1 fully saturated rings. The molecule has 1 amide bonds. The number of methoxy groups -OCH3 is 1. The quantitative estimate of drug-likeness (QED) is 0.319. The van der Waals surface area contributed by atoms with Crippen molar-refractivity contribution >= 4 is 32.9 Å². The number of carbonyl (C=O) groups is 2. The summed E-state index contributed by atoms with van der Waals surface area (Å²) in [7, 11) is -1.67. The third-order valence-corrected chi connectivity index (χ3v) is 7.72. The normalized spacial score (nSPS) is 16.6. The maximum atomic E-state index is 13.3. The first-order chi connectivity index (χ1) is 17.7. The van der Waals surface area contributed by atoms with Crippen LogP contribution < -0.4 is 16.6 Å². The summed E-state index contributed by atoms with van der Waals surface area (Å²) in [5.74, 6) is -1.82. The second-order valence-electron chi connectivity index (χ2n) is 8.68. The Kier molecular flexibility index (Phi) is 7.88. The fourth-order valence-corrected chi connectivity index (χ4v) is 5.82. The monoisotopic (exact) mass is 533 g/mol. The molecule has 1 aliphatic heterocycles. The minimum atomic E-state index is -3.18. The average molecular weight is 534 g/mol. The summed E-state index contributed by atoms with van der Waals surface area (Å²) in [4.78, 5) is 55.5. The molecule has 3 heterocycles. The lowest BCUT2D eigenvalue weighted by atomic mass is 10.2. The van der Waals surface area contributed by atoms with Crippen LogP contribution in [0.15, 0.2) is 46.2 Å². The van der Waals surface area contributed by atoms with Gasteiger partial charge in [0.1, 0.15) is 6.54 Å². The topological polar surface area (TPSA) is 161 Å². The molecule has 1 N–H and O–H groups in total. The lowest BCUT2D eigenvalue weighted by Crippen LogP contribution is -2.43. The van der Waals surface area contributed by atoms with E-state index in [0.717, 1.165) is 10.1 Å². The zero-order valence-corrected chi connectivity index (χ0v) is 21.0. The first-order valence-electron chi connectivity index (χ1n) is 11.6. The molecule has 1 unspecified atom stereocenters. The Morgan fingerprint density at radius 2 is 1.92 bits per heavy atom. The van der Waals surface area contributed by atoms with Crippen molar-refractivity contribution in [1.29, 1.82) is 0 Å². The van der Waals surface area contributed by atoms with E-state index in [2.05, 4.69) is 10.3 Å². The Bertz CT molecular complexity index is 1520. The van der Waals surface area contributed by atoms with Crippen LogP contribution in [0.3, 0.4) is 0 Å². The van der Waals surface area contributed by atoms with Crippen molar-refractivity contribution in [2.75, 3.05) is 31.8 Å². The first kappa shape index (κ1) is 26.3. The maximum Gasteiger partial charge on any atom is 0.333 e. The van der Waals surface area contributed by atoms with Gasteiger partial charge < -0.3 is 19.4 Å². The number of fused-ring (bicyclic) bond motifs is 1. The molecular formula is C23H27N5O8S. The van der Waals surface area contributed by atoms with E-state index >= 15 is 0 Å². The second kappa shape index (κ2) is 11.1. The number of esters is 1. The highest BCUT2D eigenvalue weighted by atomic mass is 32.2. The van der Waals surface area contributed by atoms with Gasteiger partial charge in [0.25, 0.3) is 11.5 Å². The molecule has 1 saturated heterocycles. The Hall–Kier alpha value is -3.78. The van der Waals surface area contributed by atoms with Gasteiger partial charge in [-0.1, -0.05) is 30.3 Å². The van der Waals surface area contributed by atoms with E-state index in [-0.39, 0.29) is 35.6 Å².